The summed E-state index contributed by atoms with van der Waals surface area (Å²) in [6.45, 7) is 6.61. The summed E-state index contributed by atoms with van der Waals surface area (Å²) in [6, 6.07) is 10.7. The molecule has 3 heteroatoms. The predicted octanol–water partition coefficient (Wildman–Crippen LogP) is 3.81. The summed E-state index contributed by atoms with van der Waals surface area (Å²) >= 11 is 0. The van der Waals surface area contributed by atoms with E-state index in [1.54, 1.807) is 0 Å². The van der Waals surface area contributed by atoms with Crippen molar-refractivity contribution in [2.75, 3.05) is 0 Å². The third kappa shape index (κ3) is 4.01. The maximum atomic E-state index is 2.25. The van der Waals surface area contributed by atoms with Crippen LogP contribution in [0.4, 0.5) is 0 Å². The molecule has 0 unspecified atom stereocenters. The minimum Gasteiger partial charge on any atom is -0.344 e. The summed E-state index contributed by atoms with van der Waals surface area (Å²) in [5, 5.41) is 0. The van der Waals surface area contributed by atoms with Crippen molar-refractivity contribution in [3.8, 4) is 0 Å². The molecule has 1 aromatic carbocycles. The van der Waals surface area contributed by atoms with Crippen LogP contribution in [-0.2, 0) is 13.5 Å². The standard InChI is InChI=1S/C16H20N.HI.H3N/c1-12-13(2)16(11-17(4)14(12)3)10-15-8-6-5-7-9-15;;/h5-9,11H,10H2,1-4H3;1H;1H3/q+1;;. The molecule has 19 heavy (non-hydrogen) atoms. The number of aryl methyl sites for hydroxylation is 1. The van der Waals surface area contributed by atoms with Gasteiger partial charge in [-0.05, 0) is 25.0 Å². The Morgan fingerprint density at radius 3 is 2.11 bits per heavy atom. The second kappa shape index (κ2) is 7.60. The van der Waals surface area contributed by atoms with Crippen LogP contribution < -0.4 is 10.7 Å². The maximum absolute atomic E-state index is 2.25. The molecule has 0 aliphatic carbocycles. The number of benzene rings is 1. The van der Waals surface area contributed by atoms with Gasteiger partial charge in [-0.25, -0.2) is 4.57 Å². The van der Waals surface area contributed by atoms with Crippen LogP contribution in [-0.4, -0.2) is 0 Å². The number of aromatic nitrogens is 1. The summed E-state index contributed by atoms with van der Waals surface area (Å²) in [5.74, 6) is 0. The highest BCUT2D eigenvalue weighted by Crippen LogP contribution is 2.17. The Morgan fingerprint density at radius 1 is 0.947 bits per heavy atom. The fourth-order valence-corrected chi connectivity index (χ4v) is 2.20. The van der Waals surface area contributed by atoms with Gasteiger partial charge in [0.05, 0.1) is 0 Å². The number of hydrogen-bond acceptors (Lipinski definition) is 1. The lowest BCUT2D eigenvalue weighted by atomic mass is 9.98. The average Bonchev–Trinajstić information content (AvgIpc) is 2.35. The Hall–Kier alpha value is -0.940. The van der Waals surface area contributed by atoms with Crippen LogP contribution in [0.2, 0.25) is 0 Å². The number of hydrogen-bond donors (Lipinski definition) is 1. The smallest absolute Gasteiger partial charge is 0.181 e. The van der Waals surface area contributed by atoms with Gasteiger partial charge in [-0.2, -0.15) is 0 Å². The van der Waals surface area contributed by atoms with E-state index in [9.17, 15) is 0 Å². The highest BCUT2D eigenvalue weighted by Gasteiger charge is 2.13. The van der Waals surface area contributed by atoms with E-state index in [0.29, 0.717) is 0 Å². The lowest BCUT2D eigenvalue weighted by Gasteiger charge is -2.09. The van der Waals surface area contributed by atoms with E-state index in [2.05, 4.69) is 68.9 Å². The molecule has 0 aliphatic heterocycles. The molecule has 0 atom stereocenters. The molecule has 0 bridgehead atoms. The molecule has 0 spiro atoms. The highest BCUT2D eigenvalue weighted by atomic mass is 127. The van der Waals surface area contributed by atoms with Crippen LogP contribution >= 0.6 is 24.0 Å². The largest absolute Gasteiger partial charge is 0.344 e. The van der Waals surface area contributed by atoms with Crippen molar-refractivity contribution < 1.29 is 4.57 Å². The van der Waals surface area contributed by atoms with Crippen LogP contribution in [0, 0.1) is 20.8 Å². The van der Waals surface area contributed by atoms with Crippen molar-refractivity contribution in [2.24, 2.45) is 7.05 Å². The molecule has 0 saturated carbocycles. The summed E-state index contributed by atoms with van der Waals surface area (Å²) < 4.78 is 2.22. The Labute approximate surface area is 133 Å². The molecular formula is C16H24IN2+. The Balaban J connectivity index is 0.00000162. The second-order valence-corrected chi connectivity index (χ2v) is 4.76. The number of nitrogens with zero attached hydrogens (tertiary/aromatic N) is 1. The van der Waals surface area contributed by atoms with E-state index in [1.165, 1.54) is 27.9 Å². The zero-order valence-corrected chi connectivity index (χ0v) is 14.6. The van der Waals surface area contributed by atoms with Gasteiger partial charge in [-0.3, -0.25) is 0 Å². The fourth-order valence-electron chi connectivity index (χ4n) is 2.20. The highest BCUT2D eigenvalue weighted by molar-refractivity contribution is 14.0. The molecule has 2 nitrogen and oxygen atoms in total. The van der Waals surface area contributed by atoms with Gasteiger partial charge in [0.15, 0.2) is 11.9 Å². The molecule has 104 valence electrons. The van der Waals surface area contributed by atoms with Crippen molar-refractivity contribution in [1.29, 1.82) is 0 Å². The summed E-state index contributed by atoms with van der Waals surface area (Å²) in [5.41, 5.74) is 6.96. The first kappa shape index (κ1) is 18.1. The number of rotatable bonds is 2. The van der Waals surface area contributed by atoms with Gasteiger partial charge in [-0.1, -0.05) is 30.3 Å². The Kier molecular flexibility index (Phi) is 7.23. The molecule has 0 amide bonds. The topological polar surface area (TPSA) is 38.9 Å². The van der Waals surface area contributed by atoms with Gasteiger partial charge in [0.1, 0.15) is 7.05 Å². The zero-order chi connectivity index (χ0) is 12.4. The summed E-state index contributed by atoms with van der Waals surface area (Å²) in [7, 11) is 2.12. The van der Waals surface area contributed by atoms with Gasteiger partial charge < -0.3 is 6.15 Å². The van der Waals surface area contributed by atoms with Crippen molar-refractivity contribution in [2.45, 2.75) is 27.2 Å². The van der Waals surface area contributed by atoms with Gasteiger partial charge >= 0.3 is 0 Å². The molecule has 0 radical (unpaired) electrons. The van der Waals surface area contributed by atoms with Gasteiger partial charge in [0.25, 0.3) is 0 Å². The van der Waals surface area contributed by atoms with Gasteiger partial charge in [-0.15, -0.1) is 24.0 Å². The lowest BCUT2D eigenvalue weighted by molar-refractivity contribution is -0.678. The summed E-state index contributed by atoms with van der Waals surface area (Å²) in [4.78, 5) is 0. The van der Waals surface area contributed by atoms with E-state index in [0.717, 1.165) is 6.42 Å². The Morgan fingerprint density at radius 2 is 1.53 bits per heavy atom. The monoisotopic (exact) mass is 371 g/mol. The molecule has 1 heterocycles. The number of halogens is 1. The van der Waals surface area contributed by atoms with Crippen LogP contribution in [0.1, 0.15) is 27.9 Å². The maximum Gasteiger partial charge on any atom is 0.181 e. The third-order valence-corrected chi connectivity index (χ3v) is 3.70. The van der Waals surface area contributed by atoms with Crippen molar-refractivity contribution in [1.82, 2.24) is 6.15 Å². The van der Waals surface area contributed by atoms with Crippen LogP contribution in [0.5, 0.6) is 0 Å². The van der Waals surface area contributed by atoms with Crippen molar-refractivity contribution in [3.05, 3.63) is 64.5 Å². The number of pyridine rings is 1. The first-order chi connectivity index (χ1) is 8.09. The fraction of sp³-hybridized carbons (Fsp3) is 0.312. The van der Waals surface area contributed by atoms with E-state index in [4.69, 9.17) is 0 Å². The minimum atomic E-state index is 0. The molecule has 0 saturated heterocycles. The van der Waals surface area contributed by atoms with E-state index >= 15 is 0 Å². The summed E-state index contributed by atoms with van der Waals surface area (Å²) in [6.07, 6.45) is 3.27. The van der Waals surface area contributed by atoms with Crippen molar-refractivity contribution in [3.63, 3.8) is 0 Å². The van der Waals surface area contributed by atoms with Crippen LogP contribution in [0.15, 0.2) is 36.5 Å². The molecule has 1 aromatic heterocycles. The van der Waals surface area contributed by atoms with Gasteiger partial charge in [0.2, 0.25) is 0 Å². The SMILES string of the molecule is Cc1c(Cc2ccccc2)c[n+](C)c(C)c1C.I.N. The van der Waals surface area contributed by atoms with Crippen LogP contribution in [0.3, 0.4) is 0 Å². The Bertz CT molecular complexity index is 536. The van der Waals surface area contributed by atoms with E-state index < -0.39 is 0 Å². The van der Waals surface area contributed by atoms with Gasteiger partial charge in [0, 0.05) is 24.5 Å². The molecule has 2 rings (SSSR count). The zero-order valence-electron chi connectivity index (χ0n) is 12.2. The average molecular weight is 371 g/mol. The first-order valence-electron chi connectivity index (χ1n) is 6.09. The van der Waals surface area contributed by atoms with E-state index in [-0.39, 0.29) is 30.1 Å². The first-order valence-corrected chi connectivity index (χ1v) is 6.09. The third-order valence-electron chi connectivity index (χ3n) is 3.70. The lowest BCUT2D eigenvalue weighted by Crippen LogP contribution is -2.33. The van der Waals surface area contributed by atoms with Crippen LogP contribution in [0.25, 0.3) is 0 Å². The molecule has 0 fully saturated rings. The quantitative estimate of drug-likeness (QED) is 0.633. The predicted molar refractivity (Wildman–Crippen MR) is 91.5 cm³/mol. The molecule has 3 N–H and O–H groups in total. The van der Waals surface area contributed by atoms with Crippen molar-refractivity contribution >= 4 is 24.0 Å². The normalized spacial score (nSPS) is 9.47. The molecule has 0 aliphatic rings. The molecule has 2 aromatic rings. The molecular weight excluding hydrogens is 347 g/mol. The van der Waals surface area contributed by atoms with E-state index in [1.807, 2.05) is 0 Å². The second-order valence-electron chi connectivity index (χ2n) is 4.76. The minimum absolute atomic E-state index is 0.